The van der Waals surface area contributed by atoms with Crippen molar-refractivity contribution < 1.29 is 17.7 Å². The van der Waals surface area contributed by atoms with Crippen LogP contribution in [0.3, 0.4) is 0 Å². The van der Waals surface area contributed by atoms with Crippen LogP contribution in [-0.4, -0.2) is 35.7 Å². The van der Waals surface area contributed by atoms with E-state index in [0.29, 0.717) is 11.4 Å². The van der Waals surface area contributed by atoms with E-state index in [0.717, 1.165) is 6.26 Å². The van der Waals surface area contributed by atoms with Gasteiger partial charge in [0.1, 0.15) is 6.04 Å². The zero-order valence-corrected chi connectivity index (χ0v) is 17.5. The van der Waals surface area contributed by atoms with Crippen molar-refractivity contribution in [3.8, 4) is 11.4 Å². The molecule has 1 N–H and O–H groups in total. The maximum Gasteiger partial charge on any atom is 0.253 e. The van der Waals surface area contributed by atoms with Crippen LogP contribution in [0.5, 0.6) is 0 Å². The van der Waals surface area contributed by atoms with E-state index in [1.807, 2.05) is 13.8 Å². The van der Waals surface area contributed by atoms with E-state index in [2.05, 4.69) is 20.4 Å². The first-order chi connectivity index (χ1) is 13.7. The Morgan fingerprint density at radius 2 is 2.00 bits per heavy atom. The number of carbonyl (C=O) groups is 1. The summed E-state index contributed by atoms with van der Waals surface area (Å²) >= 11 is 6.12. The Labute approximate surface area is 173 Å². The molecule has 0 bridgehead atoms. The highest BCUT2D eigenvalue weighted by Crippen LogP contribution is 2.26. The second kappa shape index (κ2) is 8.30. The van der Waals surface area contributed by atoms with Gasteiger partial charge in [-0.3, -0.25) is 9.78 Å². The summed E-state index contributed by atoms with van der Waals surface area (Å²) in [6.45, 7) is 3.76. The third-order valence-corrected chi connectivity index (χ3v) is 5.63. The Hall–Kier alpha value is -2.78. The van der Waals surface area contributed by atoms with Crippen LogP contribution in [-0.2, 0) is 9.84 Å². The molecule has 3 aromatic rings. The Morgan fingerprint density at radius 1 is 1.24 bits per heavy atom. The Bertz CT molecular complexity index is 1130. The van der Waals surface area contributed by atoms with Crippen molar-refractivity contribution in [1.29, 1.82) is 0 Å². The first-order valence-electron chi connectivity index (χ1n) is 8.71. The molecule has 1 amide bonds. The van der Waals surface area contributed by atoms with Gasteiger partial charge in [0.25, 0.3) is 5.91 Å². The summed E-state index contributed by atoms with van der Waals surface area (Å²) in [7, 11) is -3.49. The van der Waals surface area contributed by atoms with Crippen molar-refractivity contribution in [2.45, 2.75) is 24.8 Å². The number of amides is 1. The molecule has 2 aromatic heterocycles. The van der Waals surface area contributed by atoms with Gasteiger partial charge in [0.15, 0.2) is 9.84 Å². The molecule has 1 atom stereocenters. The lowest BCUT2D eigenvalue weighted by Gasteiger charge is -2.19. The number of halogens is 1. The molecule has 0 radical (unpaired) electrons. The van der Waals surface area contributed by atoms with Crippen molar-refractivity contribution in [2.75, 3.05) is 6.26 Å². The van der Waals surface area contributed by atoms with Gasteiger partial charge in [0.2, 0.25) is 11.7 Å². The predicted molar refractivity (Wildman–Crippen MR) is 107 cm³/mol. The van der Waals surface area contributed by atoms with Crippen LogP contribution in [0.25, 0.3) is 11.4 Å². The highest BCUT2D eigenvalue weighted by molar-refractivity contribution is 7.90. The van der Waals surface area contributed by atoms with Crippen LogP contribution in [0.15, 0.2) is 52.1 Å². The van der Waals surface area contributed by atoms with E-state index < -0.39 is 21.8 Å². The summed E-state index contributed by atoms with van der Waals surface area (Å²) in [5.41, 5.74) is 0.729. The molecule has 0 aliphatic rings. The standard InChI is InChI=1S/C19H19ClN4O4S/c1-11(2)16(19-23-17(24-28-19)12-5-4-8-21-10-12)22-18(25)14-9-13(29(3,26)27)6-7-15(14)20/h4-11,16H,1-3H3,(H,22,25). The van der Waals surface area contributed by atoms with Gasteiger partial charge in [-0.2, -0.15) is 4.98 Å². The smallest absolute Gasteiger partial charge is 0.253 e. The lowest BCUT2D eigenvalue weighted by molar-refractivity contribution is 0.0914. The molecule has 0 aliphatic carbocycles. The number of nitrogens with one attached hydrogen (secondary N) is 1. The number of rotatable bonds is 6. The van der Waals surface area contributed by atoms with Crippen molar-refractivity contribution in [3.05, 3.63) is 59.2 Å². The molecule has 0 aliphatic heterocycles. The second-order valence-electron chi connectivity index (χ2n) is 6.81. The number of aromatic nitrogens is 3. The number of nitrogens with zero attached hydrogens (tertiary/aromatic N) is 3. The number of hydrogen-bond acceptors (Lipinski definition) is 7. The summed E-state index contributed by atoms with van der Waals surface area (Å²) < 4.78 is 28.9. The van der Waals surface area contributed by atoms with Crippen LogP contribution in [0.1, 0.15) is 36.1 Å². The van der Waals surface area contributed by atoms with E-state index in [1.54, 1.807) is 24.5 Å². The van der Waals surface area contributed by atoms with Crippen molar-refractivity contribution in [2.24, 2.45) is 5.92 Å². The molecule has 1 unspecified atom stereocenters. The Balaban J connectivity index is 1.89. The quantitative estimate of drug-likeness (QED) is 0.632. The van der Waals surface area contributed by atoms with E-state index in [4.69, 9.17) is 16.1 Å². The fourth-order valence-electron chi connectivity index (χ4n) is 2.62. The maximum absolute atomic E-state index is 12.8. The highest BCUT2D eigenvalue weighted by Gasteiger charge is 2.26. The van der Waals surface area contributed by atoms with Crippen molar-refractivity contribution >= 4 is 27.3 Å². The average Bonchev–Trinajstić information content (AvgIpc) is 3.15. The van der Waals surface area contributed by atoms with Crippen molar-refractivity contribution in [3.63, 3.8) is 0 Å². The summed E-state index contributed by atoms with van der Waals surface area (Å²) in [6.07, 6.45) is 4.30. The topological polar surface area (TPSA) is 115 Å². The van der Waals surface area contributed by atoms with Gasteiger partial charge in [0, 0.05) is 24.2 Å². The van der Waals surface area contributed by atoms with E-state index >= 15 is 0 Å². The maximum atomic E-state index is 12.8. The fourth-order valence-corrected chi connectivity index (χ4v) is 3.47. The molecule has 0 saturated heterocycles. The molecule has 152 valence electrons. The monoisotopic (exact) mass is 434 g/mol. The van der Waals surface area contributed by atoms with Crippen LogP contribution in [0, 0.1) is 5.92 Å². The third kappa shape index (κ3) is 4.80. The van der Waals surface area contributed by atoms with Gasteiger partial charge in [0.05, 0.1) is 15.5 Å². The van der Waals surface area contributed by atoms with Crippen LogP contribution < -0.4 is 5.32 Å². The molecule has 8 nitrogen and oxygen atoms in total. The molecule has 29 heavy (non-hydrogen) atoms. The Kier molecular flexibility index (Phi) is 5.99. The molecular formula is C19H19ClN4O4S. The predicted octanol–water partition coefficient (Wildman–Crippen LogP) is 3.32. The van der Waals surface area contributed by atoms with Crippen LogP contribution >= 0.6 is 11.6 Å². The van der Waals surface area contributed by atoms with Gasteiger partial charge in [-0.05, 0) is 36.2 Å². The molecular weight excluding hydrogens is 416 g/mol. The normalized spacial score (nSPS) is 12.7. The molecule has 3 rings (SSSR count). The number of benzene rings is 1. The summed E-state index contributed by atoms with van der Waals surface area (Å²) in [4.78, 5) is 21.2. The first kappa shape index (κ1) is 20.9. The van der Waals surface area contributed by atoms with Gasteiger partial charge in [-0.25, -0.2) is 8.42 Å². The number of sulfone groups is 1. The first-order valence-corrected chi connectivity index (χ1v) is 11.0. The summed E-state index contributed by atoms with van der Waals surface area (Å²) in [6, 6.07) is 6.93. The average molecular weight is 435 g/mol. The summed E-state index contributed by atoms with van der Waals surface area (Å²) in [5, 5.41) is 6.89. The van der Waals surface area contributed by atoms with Gasteiger partial charge in [-0.15, -0.1) is 0 Å². The minimum absolute atomic E-state index is 0.00445. The molecule has 0 saturated carbocycles. The van der Waals surface area contributed by atoms with E-state index in [-0.39, 0.29) is 27.3 Å². The zero-order chi connectivity index (χ0) is 21.2. The molecule has 0 spiro atoms. The molecule has 0 fully saturated rings. The number of pyridine rings is 1. The fraction of sp³-hybridized carbons (Fsp3) is 0.263. The Morgan fingerprint density at radius 3 is 2.62 bits per heavy atom. The minimum atomic E-state index is -3.49. The number of hydrogen-bond donors (Lipinski definition) is 1. The van der Waals surface area contributed by atoms with Crippen LogP contribution in [0.2, 0.25) is 5.02 Å². The highest BCUT2D eigenvalue weighted by atomic mass is 35.5. The second-order valence-corrected chi connectivity index (χ2v) is 9.23. The third-order valence-electron chi connectivity index (χ3n) is 4.19. The molecule has 10 heteroatoms. The van der Waals surface area contributed by atoms with Gasteiger partial charge >= 0.3 is 0 Å². The van der Waals surface area contributed by atoms with E-state index in [9.17, 15) is 13.2 Å². The van der Waals surface area contributed by atoms with Gasteiger partial charge < -0.3 is 9.84 Å². The minimum Gasteiger partial charge on any atom is -0.340 e. The molecule has 1 aromatic carbocycles. The summed E-state index contributed by atoms with van der Waals surface area (Å²) in [5.74, 6) is -0.0500. The van der Waals surface area contributed by atoms with Gasteiger partial charge in [-0.1, -0.05) is 30.6 Å². The lowest BCUT2D eigenvalue weighted by Crippen LogP contribution is -2.32. The van der Waals surface area contributed by atoms with E-state index in [1.165, 1.54) is 18.2 Å². The van der Waals surface area contributed by atoms with Crippen LogP contribution in [0.4, 0.5) is 0 Å². The zero-order valence-electron chi connectivity index (χ0n) is 16.0. The SMILES string of the molecule is CC(C)C(NC(=O)c1cc(S(C)(=O)=O)ccc1Cl)c1nc(-c2cccnc2)no1. The largest absolute Gasteiger partial charge is 0.340 e. The van der Waals surface area contributed by atoms with Crippen molar-refractivity contribution in [1.82, 2.24) is 20.4 Å². The number of carbonyl (C=O) groups excluding carboxylic acids is 1. The lowest BCUT2D eigenvalue weighted by atomic mass is 10.0. The molecule has 2 heterocycles.